The zero-order valence-corrected chi connectivity index (χ0v) is 9.96. The van der Waals surface area contributed by atoms with E-state index in [2.05, 4.69) is 43.0 Å². The molecule has 4 nitrogen and oxygen atoms in total. The number of nitrogens with zero attached hydrogens (tertiary/aromatic N) is 2. The Bertz CT molecular complexity index is 328. The zero-order valence-electron chi connectivity index (χ0n) is 9.96. The van der Waals surface area contributed by atoms with Crippen LogP contribution >= 0.6 is 0 Å². The molecule has 0 aliphatic rings. The minimum absolute atomic E-state index is 0.0714. The number of aromatic nitrogens is 2. The molecule has 0 atom stereocenters. The molecule has 84 valence electrons. The highest BCUT2D eigenvalue weighted by molar-refractivity contribution is 5.45. The van der Waals surface area contributed by atoms with Crippen molar-refractivity contribution in [1.82, 2.24) is 9.97 Å². The van der Waals surface area contributed by atoms with Gasteiger partial charge in [0.05, 0.1) is 0 Å². The summed E-state index contributed by atoms with van der Waals surface area (Å²) < 4.78 is 0. The largest absolute Gasteiger partial charge is 0.384 e. The first kappa shape index (κ1) is 11.8. The molecule has 0 bridgehead atoms. The Morgan fingerprint density at radius 2 is 2.00 bits per heavy atom. The SMILES string of the molecule is CCCNc1cc(N)nc(C(C)(C)C)n1. The van der Waals surface area contributed by atoms with Crippen LogP contribution in [0.15, 0.2) is 6.07 Å². The van der Waals surface area contributed by atoms with Gasteiger partial charge in [-0.05, 0) is 6.42 Å². The van der Waals surface area contributed by atoms with Crippen molar-refractivity contribution in [3.8, 4) is 0 Å². The van der Waals surface area contributed by atoms with E-state index in [1.807, 2.05) is 0 Å². The molecule has 0 amide bonds. The van der Waals surface area contributed by atoms with Gasteiger partial charge in [0.25, 0.3) is 0 Å². The molecule has 0 radical (unpaired) electrons. The standard InChI is InChI=1S/C11H20N4/c1-5-6-13-9-7-8(12)14-10(15-9)11(2,3)4/h7H,5-6H2,1-4H3,(H3,12,13,14,15). The van der Waals surface area contributed by atoms with Crippen LogP contribution in [0.5, 0.6) is 0 Å². The van der Waals surface area contributed by atoms with E-state index in [9.17, 15) is 0 Å². The lowest BCUT2D eigenvalue weighted by atomic mass is 9.96. The number of nitrogens with one attached hydrogen (secondary N) is 1. The van der Waals surface area contributed by atoms with Crippen LogP contribution in [0.4, 0.5) is 11.6 Å². The van der Waals surface area contributed by atoms with Gasteiger partial charge >= 0.3 is 0 Å². The third-order valence-electron chi connectivity index (χ3n) is 1.97. The molecule has 1 heterocycles. The summed E-state index contributed by atoms with van der Waals surface area (Å²) >= 11 is 0. The van der Waals surface area contributed by atoms with E-state index in [4.69, 9.17) is 5.73 Å². The van der Waals surface area contributed by atoms with E-state index in [1.165, 1.54) is 0 Å². The normalized spacial score (nSPS) is 11.5. The molecular weight excluding hydrogens is 188 g/mol. The van der Waals surface area contributed by atoms with Crippen LogP contribution < -0.4 is 11.1 Å². The smallest absolute Gasteiger partial charge is 0.138 e. The summed E-state index contributed by atoms with van der Waals surface area (Å²) in [4.78, 5) is 8.68. The fraction of sp³-hybridized carbons (Fsp3) is 0.636. The molecule has 15 heavy (non-hydrogen) atoms. The van der Waals surface area contributed by atoms with E-state index >= 15 is 0 Å². The van der Waals surface area contributed by atoms with Crippen molar-refractivity contribution in [3.05, 3.63) is 11.9 Å². The lowest BCUT2D eigenvalue weighted by Crippen LogP contribution is -2.18. The molecule has 1 aromatic heterocycles. The van der Waals surface area contributed by atoms with Gasteiger partial charge in [0.2, 0.25) is 0 Å². The molecule has 3 N–H and O–H groups in total. The van der Waals surface area contributed by atoms with Crippen LogP contribution in [0.3, 0.4) is 0 Å². The van der Waals surface area contributed by atoms with Crippen LogP contribution in [0.1, 0.15) is 39.9 Å². The number of anilines is 2. The summed E-state index contributed by atoms with van der Waals surface area (Å²) in [6, 6.07) is 1.77. The predicted molar refractivity (Wildman–Crippen MR) is 63.9 cm³/mol. The highest BCUT2D eigenvalue weighted by Gasteiger charge is 2.18. The molecule has 0 aromatic carbocycles. The van der Waals surface area contributed by atoms with E-state index in [1.54, 1.807) is 6.07 Å². The first-order chi connectivity index (χ1) is 6.93. The summed E-state index contributed by atoms with van der Waals surface area (Å²) in [6.07, 6.45) is 1.06. The maximum absolute atomic E-state index is 5.74. The van der Waals surface area contributed by atoms with Gasteiger partial charge in [0.1, 0.15) is 17.5 Å². The Morgan fingerprint density at radius 3 is 2.53 bits per heavy atom. The van der Waals surface area contributed by atoms with Gasteiger partial charge in [0, 0.05) is 18.0 Å². The monoisotopic (exact) mass is 208 g/mol. The van der Waals surface area contributed by atoms with Crippen molar-refractivity contribution in [2.24, 2.45) is 0 Å². The Hall–Kier alpha value is -1.32. The van der Waals surface area contributed by atoms with Crippen LogP contribution in [0.2, 0.25) is 0 Å². The van der Waals surface area contributed by atoms with E-state index in [0.717, 1.165) is 24.6 Å². The second kappa shape index (κ2) is 4.47. The average molecular weight is 208 g/mol. The Balaban J connectivity index is 2.95. The second-order valence-corrected chi connectivity index (χ2v) is 4.68. The van der Waals surface area contributed by atoms with Gasteiger partial charge in [-0.1, -0.05) is 27.7 Å². The van der Waals surface area contributed by atoms with E-state index in [0.29, 0.717) is 5.82 Å². The third-order valence-corrected chi connectivity index (χ3v) is 1.97. The fourth-order valence-corrected chi connectivity index (χ4v) is 1.15. The van der Waals surface area contributed by atoms with Gasteiger partial charge in [-0.25, -0.2) is 9.97 Å². The molecule has 0 unspecified atom stereocenters. The maximum Gasteiger partial charge on any atom is 0.138 e. The summed E-state index contributed by atoms with van der Waals surface area (Å²) in [6.45, 7) is 9.24. The van der Waals surface area contributed by atoms with Crippen molar-refractivity contribution in [1.29, 1.82) is 0 Å². The molecule has 4 heteroatoms. The Kier molecular flexibility index (Phi) is 3.50. The number of hydrogen-bond acceptors (Lipinski definition) is 4. The summed E-state index contributed by atoms with van der Waals surface area (Å²) in [5, 5.41) is 3.22. The molecule has 0 saturated carbocycles. The first-order valence-corrected chi connectivity index (χ1v) is 5.32. The minimum atomic E-state index is -0.0714. The topological polar surface area (TPSA) is 63.8 Å². The van der Waals surface area contributed by atoms with Crippen molar-refractivity contribution in [3.63, 3.8) is 0 Å². The molecule has 0 saturated heterocycles. The number of hydrogen-bond donors (Lipinski definition) is 2. The second-order valence-electron chi connectivity index (χ2n) is 4.68. The van der Waals surface area contributed by atoms with Gasteiger partial charge in [-0.15, -0.1) is 0 Å². The molecule has 0 fully saturated rings. The van der Waals surface area contributed by atoms with Gasteiger partial charge < -0.3 is 11.1 Å². The minimum Gasteiger partial charge on any atom is -0.384 e. The Labute approximate surface area is 91.3 Å². The predicted octanol–water partition coefficient (Wildman–Crippen LogP) is 2.18. The summed E-state index contributed by atoms with van der Waals surface area (Å²) in [7, 11) is 0. The first-order valence-electron chi connectivity index (χ1n) is 5.32. The van der Waals surface area contributed by atoms with Crippen molar-refractivity contribution in [2.75, 3.05) is 17.6 Å². The zero-order chi connectivity index (χ0) is 11.5. The van der Waals surface area contributed by atoms with Crippen molar-refractivity contribution < 1.29 is 0 Å². The van der Waals surface area contributed by atoms with E-state index in [-0.39, 0.29) is 5.41 Å². The average Bonchev–Trinajstić information content (AvgIpc) is 2.12. The van der Waals surface area contributed by atoms with Gasteiger partial charge in [0.15, 0.2) is 0 Å². The highest BCUT2D eigenvalue weighted by atomic mass is 15.1. The quantitative estimate of drug-likeness (QED) is 0.799. The lowest BCUT2D eigenvalue weighted by molar-refractivity contribution is 0.547. The fourth-order valence-electron chi connectivity index (χ4n) is 1.15. The molecular formula is C11H20N4. The van der Waals surface area contributed by atoms with Crippen LogP contribution in [0, 0.1) is 0 Å². The van der Waals surface area contributed by atoms with Crippen LogP contribution in [0.25, 0.3) is 0 Å². The summed E-state index contributed by atoms with van der Waals surface area (Å²) in [5.41, 5.74) is 5.67. The van der Waals surface area contributed by atoms with Gasteiger partial charge in [-0.3, -0.25) is 0 Å². The van der Waals surface area contributed by atoms with Crippen LogP contribution in [-0.2, 0) is 5.41 Å². The molecule has 1 rings (SSSR count). The van der Waals surface area contributed by atoms with Gasteiger partial charge in [-0.2, -0.15) is 0 Å². The third kappa shape index (κ3) is 3.38. The molecule has 0 aliphatic heterocycles. The van der Waals surface area contributed by atoms with Crippen molar-refractivity contribution in [2.45, 2.75) is 39.5 Å². The maximum atomic E-state index is 5.74. The number of nitrogen functional groups attached to an aromatic ring is 1. The van der Waals surface area contributed by atoms with Crippen molar-refractivity contribution >= 4 is 11.6 Å². The van der Waals surface area contributed by atoms with Crippen LogP contribution in [-0.4, -0.2) is 16.5 Å². The lowest BCUT2D eigenvalue weighted by Gasteiger charge is -2.17. The summed E-state index contributed by atoms with van der Waals surface area (Å²) in [5.74, 6) is 2.11. The number of rotatable bonds is 3. The molecule has 0 aliphatic carbocycles. The molecule has 0 spiro atoms. The Morgan fingerprint density at radius 1 is 1.33 bits per heavy atom. The molecule has 1 aromatic rings. The highest BCUT2D eigenvalue weighted by Crippen LogP contribution is 2.20. The number of nitrogens with two attached hydrogens (primary N) is 1. The van der Waals surface area contributed by atoms with E-state index < -0.39 is 0 Å².